The number of para-hydroxylation sites is 1. The van der Waals surface area contributed by atoms with Gasteiger partial charge in [-0.3, -0.25) is 4.79 Å². The lowest BCUT2D eigenvalue weighted by atomic mass is 10.00. The molecule has 108 valence electrons. The summed E-state index contributed by atoms with van der Waals surface area (Å²) in [7, 11) is 0. The van der Waals surface area contributed by atoms with Crippen LogP contribution >= 0.6 is 0 Å². The van der Waals surface area contributed by atoms with E-state index in [-0.39, 0.29) is 17.4 Å². The molecular formula is C15H14FN3O2. The summed E-state index contributed by atoms with van der Waals surface area (Å²) in [6.45, 7) is 0.513. The number of nitrogens with zero attached hydrogens (tertiary/aromatic N) is 1. The molecule has 0 bridgehead atoms. The number of nitrogens with two attached hydrogens (primary N) is 1. The number of anilines is 1. The highest BCUT2D eigenvalue weighted by molar-refractivity contribution is 5.98. The van der Waals surface area contributed by atoms with E-state index in [2.05, 4.69) is 10.3 Å². The van der Waals surface area contributed by atoms with Crippen molar-refractivity contribution < 1.29 is 13.9 Å². The van der Waals surface area contributed by atoms with Crippen LogP contribution in [0.3, 0.4) is 0 Å². The minimum Gasteiger partial charge on any atom is -0.493 e. The lowest BCUT2D eigenvalue weighted by Gasteiger charge is -2.26. The number of carbonyl (C=O) groups is 1. The molecule has 3 rings (SSSR count). The van der Waals surface area contributed by atoms with Crippen molar-refractivity contribution in [3.63, 3.8) is 0 Å². The molecule has 0 fully saturated rings. The third kappa shape index (κ3) is 2.65. The van der Waals surface area contributed by atoms with E-state index in [0.717, 1.165) is 23.6 Å². The van der Waals surface area contributed by atoms with Crippen LogP contribution in [0, 0.1) is 5.82 Å². The summed E-state index contributed by atoms with van der Waals surface area (Å²) in [5, 5.41) is 2.85. The molecule has 21 heavy (non-hydrogen) atoms. The maximum atomic E-state index is 13.2. The first-order chi connectivity index (χ1) is 10.1. The van der Waals surface area contributed by atoms with Crippen molar-refractivity contribution in [2.75, 3.05) is 12.3 Å². The summed E-state index contributed by atoms with van der Waals surface area (Å²) in [6, 6.07) is 8.40. The third-order valence-corrected chi connectivity index (χ3v) is 3.39. The van der Waals surface area contributed by atoms with Gasteiger partial charge in [-0.2, -0.15) is 0 Å². The Kier molecular flexibility index (Phi) is 3.43. The van der Waals surface area contributed by atoms with E-state index in [1.54, 1.807) is 0 Å². The van der Waals surface area contributed by atoms with E-state index in [0.29, 0.717) is 13.0 Å². The van der Waals surface area contributed by atoms with E-state index in [1.807, 2.05) is 24.3 Å². The molecule has 0 saturated carbocycles. The second kappa shape index (κ2) is 5.40. The number of carbonyl (C=O) groups excluding carboxylic acids is 1. The van der Waals surface area contributed by atoms with E-state index < -0.39 is 11.7 Å². The van der Waals surface area contributed by atoms with Gasteiger partial charge in [-0.1, -0.05) is 18.2 Å². The molecule has 3 N–H and O–H groups in total. The Hall–Kier alpha value is -2.63. The Morgan fingerprint density at radius 3 is 3.10 bits per heavy atom. The Labute approximate surface area is 120 Å². The van der Waals surface area contributed by atoms with Gasteiger partial charge in [0.05, 0.1) is 24.4 Å². The number of pyridine rings is 1. The monoisotopic (exact) mass is 287 g/mol. The average molecular weight is 287 g/mol. The van der Waals surface area contributed by atoms with E-state index in [4.69, 9.17) is 10.5 Å². The molecule has 1 aliphatic heterocycles. The molecule has 2 aromatic rings. The minimum atomic E-state index is -0.596. The summed E-state index contributed by atoms with van der Waals surface area (Å²) in [5.74, 6) is -0.281. The summed E-state index contributed by atoms with van der Waals surface area (Å²) in [5.41, 5.74) is 6.57. The number of hydrogen-bond donors (Lipinski definition) is 2. The molecule has 6 heteroatoms. The number of nitrogens with one attached hydrogen (secondary N) is 1. The van der Waals surface area contributed by atoms with Crippen LogP contribution < -0.4 is 15.8 Å². The lowest BCUT2D eigenvalue weighted by Crippen LogP contribution is -2.32. The van der Waals surface area contributed by atoms with Crippen molar-refractivity contribution >= 4 is 11.7 Å². The molecule has 1 aromatic carbocycles. The van der Waals surface area contributed by atoms with E-state index >= 15 is 0 Å². The molecule has 2 heterocycles. The van der Waals surface area contributed by atoms with Gasteiger partial charge in [0.15, 0.2) is 0 Å². The number of nitrogen functional groups attached to an aromatic ring is 1. The molecule has 1 aliphatic rings. The number of hydrogen-bond acceptors (Lipinski definition) is 4. The predicted octanol–water partition coefficient (Wildman–Crippen LogP) is 2.06. The largest absolute Gasteiger partial charge is 0.493 e. The van der Waals surface area contributed by atoms with Gasteiger partial charge in [0, 0.05) is 12.0 Å². The molecule has 0 spiro atoms. The second-order valence-electron chi connectivity index (χ2n) is 4.79. The maximum absolute atomic E-state index is 13.2. The van der Waals surface area contributed by atoms with Gasteiger partial charge >= 0.3 is 0 Å². The highest BCUT2D eigenvalue weighted by Crippen LogP contribution is 2.31. The number of halogens is 1. The van der Waals surface area contributed by atoms with Crippen LogP contribution in [0.1, 0.15) is 28.4 Å². The number of amides is 1. The summed E-state index contributed by atoms with van der Waals surface area (Å²) in [4.78, 5) is 15.9. The molecular weight excluding hydrogens is 273 g/mol. The lowest BCUT2D eigenvalue weighted by molar-refractivity contribution is 0.0925. The fraction of sp³-hybridized carbons (Fsp3) is 0.200. The fourth-order valence-electron chi connectivity index (χ4n) is 2.36. The van der Waals surface area contributed by atoms with Gasteiger partial charge in [0.25, 0.3) is 5.91 Å². The predicted molar refractivity (Wildman–Crippen MR) is 75.4 cm³/mol. The van der Waals surface area contributed by atoms with Crippen LogP contribution in [0.2, 0.25) is 0 Å². The number of ether oxygens (including phenoxy) is 1. The number of fused-ring (bicyclic) bond motifs is 1. The van der Waals surface area contributed by atoms with E-state index in [1.165, 1.54) is 0 Å². The van der Waals surface area contributed by atoms with Crippen molar-refractivity contribution in [3.8, 4) is 5.75 Å². The molecule has 1 atom stereocenters. The molecule has 0 saturated heterocycles. The maximum Gasteiger partial charge on any atom is 0.255 e. The normalized spacial score (nSPS) is 16.7. The van der Waals surface area contributed by atoms with Crippen LogP contribution in [0.25, 0.3) is 0 Å². The van der Waals surface area contributed by atoms with Gasteiger partial charge < -0.3 is 15.8 Å². The van der Waals surface area contributed by atoms with Crippen LogP contribution in [-0.4, -0.2) is 17.5 Å². The average Bonchev–Trinajstić information content (AvgIpc) is 2.50. The smallest absolute Gasteiger partial charge is 0.255 e. The third-order valence-electron chi connectivity index (χ3n) is 3.39. The SMILES string of the molecule is Nc1ncc(F)cc1C(=O)NC1CCOc2ccccc21. The number of aromatic nitrogens is 1. The van der Waals surface area contributed by atoms with Gasteiger partial charge in [0.2, 0.25) is 0 Å². The summed E-state index contributed by atoms with van der Waals surface area (Å²) in [6.07, 6.45) is 1.63. The van der Waals surface area contributed by atoms with Gasteiger partial charge in [-0.05, 0) is 12.1 Å². The molecule has 1 aromatic heterocycles. The Bertz CT molecular complexity index is 690. The molecule has 1 amide bonds. The Morgan fingerprint density at radius 1 is 1.43 bits per heavy atom. The standard InChI is InChI=1S/C15H14FN3O2/c16-9-7-11(14(17)18-8-9)15(20)19-12-5-6-21-13-4-2-1-3-10(12)13/h1-4,7-8,12H,5-6H2,(H2,17,18)(H,19,20). The van der Waals surface area contributed by atoms with Crippen LogP contribution in [-0.2, 0) is 0 Å². The summed E-state index contributed by atoms with van der Waals surface area (Å²) >= 11 is 0. The van der Waals surface area contributed by atoms with E-state index in [9.17, 15) is 9.18 Å². The van der Waals surface area contributed by atoms with Crippen LogP contribution in [0.15, 0.2) is 36.5 Å². The van der Waals surface area contributed by atoms with Crippen molar-refractivity contribution in [1.29, 1.82) is 0 Å². The number of rotatable bonds is 2. The first kappa shape index (κ1) is 13.4. The molecule has 0 radical (unpaired) electrons. The molecule has 1 unspecified atom stereocenters. The zero-order chi connectivity index (χ0) is 14.8. The van der Waals surface area contributed by atoms with Crippen molar-refractivity contribution in [3.05, 3.63) is 53.5 Å². The van der Waals surface area contributed by atoms with Gasteiger partial charge in [-0.15, -0.1) is 0 Å². The second-order valence-corrected chi connectivity index (χ2v) is 4.79. The molecule has 5 nitrogen and oxygen atoms in total. The fourth-order valence-corrected chi connectivity index (χ4v) is 2.36. The van der Waals surface area contributed by atoms with Crippen molar-refractivity contribution in [1.82, 2.24) is 10.3 Å². The topological polar surface area (TPSA) is 77.2 Å². The highest BCUT2D eigenvalue weighted by atomic mass is 19.1. The Morgan fingerprint density at radius 2 is 2.24 bits per heavy atom. The zero-order valence-corrected chi connectivity index (χ0v) is 11.2. The Balaban J connectivity index is 1.84. The molecule has 0 aliphatic carbocycles. The first-order valence-electron chi connectivity index (χ1n) is 6.59. The first-order valence-corrected chi connectivity index (χ1v) is 6.59. The highest BCUT2D eigenvalue weighted by Gasteiger charge is 2.24. The van der Waals surface area contributed by atoms with Crippen molar-refractivity contribution in [2.24, 2.45) is 0 Å². The quantitative estimate of drug-likeness (QED) is 0.886. The van der Waals surface area contributed by atoms with Crippen molar-refractivity contribution in [2.45, 2.75) is 12.5 Å². The summed E-state index contributed by atoms with van der Waals surface area (Å²) < 4.78 is 18.7. The number of benzene rings is 1. The van der Waals surface area contributed by atoms with Crippen LogP contribution in [0.5, 0.6) is 5.75 Å². The minimum absolute atomic E-state index is 0.00856. The van der Waals surface area contributed by atoms with Gasteiger partial charge in [0.1, 0.15) is 17.4 Å². The van der Waals surface area contributed by atoms with Crippen LogP contribution in [0.4, 0.5) is 10.2 Å². The van der Waals surface area contributed by atoms with Gasteiger partial charge in [-0.25, -0.2) is 9.37 Å². The zero-order valence-electron chi connectivity index (χ0n) is 11.2.